The van der Waals surface area contributed by atoms with E-state index < -0.39 is 11.5 Å². The van der Waals surface area contributed by atoms with Crippen LogP contribution in [0.4, 0.5) is 0 Å². The van der Waals surface area contributed by atoms with Gasteiger partial charge in [-0.15, -0.1) is 0 Å². The van der Waals surface area contributed by atoms with Crippen LogP contribution in [-0.2, 0) is 14.0 Å². The van der Waals surface area contributed by atoms with E-state index in [1.807, 2.05) is 24.3 Å². The Balaban J connectivity index is 2.38. The van der Waals surface area contributed by atoms with Crippen LogP contribution in [-0.4, -0.2) is 18.3 Å². The van der Waals surface area contributed by atoms with Crippen LogP contribution >= 0.6 is 22.6 Å². The minimum atomic E-state index is -0.992. The molecular weight excluding hydrogens is 333 g/mol. The Hall–Kier alpha value is -0.820. The lowest BCUT2D eigenvalue weighted by atomic mass is 10.1. The largest absolute Gasteiger partial charge is 0.457 e. The summed E-state index contributed by atoms with van der Waals surface area (Å²) in [6, 6.07) is 7.62. The number of rotatable bonds is 5. The molecule has 94 valence electrons. The number of benzene rings is 1. The zero-order valence-corrected chi connectivity index (χ0v) is 12.1. The summed E-state index contributed by atoms with van der Waals surface area (Å²) in [5.74, 6) is 0.183. The van der Waals surface area contributed by atoms with Crippen LogP contribution in [0.1, 0.15) is 19.4 Å². The third-order valence-corrected chi connectivity index (χ3v) is 2.90. The third kappa shape index (κ3) is 4.91. The van der Waals surface area contributed by atoms with Crippen molar-refractivity contribution in [2.24, 2.45) is 5.73 Å². The van der Waals surface area contributed by atoms with Crippen LogP contribution in [0, 0.1) is 0 Å². The van der Waals surface area contributed by atoms with Gasteiger partial charge in [0.2, 0.25) is 6.79 Å². The second-order valence-electron chi connectivity index (χ2n) is 4.19. The number of halogens is 1. The SMILES string of the molecule is CC(C)(N)C(=O)OCOc1ccc(CI)cc1. The Morgan fingerprint density at radius 3 is 2.41 bits per heavy atom. The average molecular weight is 349 g/mol. The smallest absolute Gasteiger partial charge is 0.328 e. The highest BCUT2D eigenvalue weighted by Crippen LogP contribution is 2.14. The Bertz CT molecular complexity index is 370. The zero-order chi connectivity index (χ0) is 12.9. The van der Waals surface area contributed by atoms with Crippen molar-refractivity contribution >= 4 is 28.6 Å². The second kappa shape index (κ2) is 6.20. The van der Waals surface area contributed by atoms with Gasteiger partial charge in [0.05, 0.1) is 0 Å². The first-order valence-corrected chi connectivity index (χ1v) is 6.70. The van der Waals surface area contributed by atoms with Gasteiger partial charge < -0.3 is 15.2 Å². The molecule has 0 aliphatic carbocycles. The van der Waals surface area contributed by atoms with Crippen LogP contribution in [0.2, 0.25) is 0 Å². The maximum absolute atomic E-state index is 11.3. The summed E-state index contributed by atoms with van der Waals surface area (Å²) in [6.45, 7) is 3.05. The summed E-state index contributed by atoms with van der Waals surface area (Å²) in [7, 11) is 0. The summed E-state index contributed by atoms with van der Waals surface area (Å²) in [5, 5.41) is 0. The molecule has 0 aliphatic rings. The molecule has 0 saturated heterocycles. The number of carbonyl (C=O) groups is 1. The average Bonchev–Trinajstić information content (AvgIpc) is 2.28. The Morgan fingerprint density at radius 1 is 1.35 bits per heavy atom. The van der Waals surface area contributed by atoms with Crippen molar-refractivity contribution in [1.82, 2.24) is 0 Å². The van der Waals surface area contributed by atoms with Gasteiger partial charge >= 0.3 is 5.97 Å². The first kappa shape index (κ1) is 14.2. The lowest BCUT2D eigenvalue weighted by molar-refractivity contribution is -0.155. The quantitative estimate of drug-likeness (QED) is 0.383. The Labute approximate surface area is 115 Å². The van der Waals surface area contributed by atoms with Crippen LogP contribution in [0.15, 0.2) is 24.3 Å². The van der Waals surface area contributed by atoms with E-state index in [4.69, 9.17) is 15.2 Å². The summed E-state index contributed by atoms with van der Waals surface area (Å²) >= 11 is 2.29. The molecule has 1 aromatic rings. The fourth-order valence-corrected chi connectivity index (χ4v) is 1.52. The van der Waals surface area contributed by atoms with Gasteiger partial charge in [-0.25, -0.2) is 4.79 Å². The molecule has 4 nitrogen and oxygen atoms in total. The normalized spacial score (nSPS) is 11.1. The van der Waals surface area contributed by atoms with Gasteiger partial charge in [0.15, 0.2) is 0 Å². The number of ether oxygens (including phenoxy) is 2. The monoisotopic (exact) mass is 349 g/mol. The van der Waals surface area contributed by atoms with Crippen molar-refractivity contribution in [1.29, 1.82) is 0 Å². The van der Waals surface area contributed by atoms with E-state index in [0.717, 1.165) is 4.43 Å². The van der Waals surface area contributed by atoms with Crippen LogP contribution in [0.5, 0.6) is 5.75 Å². The van der Waals surface area contributed by atoms with E-state index >= 15 is 0 Å². The van der Waals surface area contributed by atoms with Gasteiger partial charge in [-0.2, -0.15) is 0 Å². The van der Waals surface area contributed by atoms with E-state index in [2.05, 4.69) is 22.6 Å². The molecule has 0 bridgehead atoms. The fraction of sp³-hybridized carbons (Fsp3) is 0.417. The van der Waals surface area contributed by atoms with Crippen molar-refractivity contribution in [3.63, 3.8) is 0 Å². The van der Waals surface area contributed by atoms with Crippen molar-refractivity contribution in [3.05, 3.63) is 29.8 Å². The molecule has 5 heteroatoms. The summed E-state index contributed by atoms with van der Waals surface area (Å²) < 4.78 is 11.1. The van der Waals surface area contributed by atoms with Crippen molar-refractivity contribution in [2.45, 2.75) is 23.8 Å². The van der Waals surface area contributed by atoms with Crippen LogP contribution < -0.4 is 10.5 Å². The molecule has 0 aromatic heterocycles. The van der Waals surface area contributed by atoms with Gasteiger partial charge in [-0.3, -0.25) is 0 Å². The molecule has 0 amide bonds. The molecule has 1 aromatic carbocycles. The van der Waals surface area contributed by atoms with Crippen molar-refractivity contribution in [3.8, 4) is 5.75 Å². The topological polar surface area (TPSA) is 61.6 Å². The molecule has 17 heavy (non-hydrogen) atoms. The van der Waals surface area contributed by atoms with Gasteiger partial charge in [0.1, 0.15) is 11.3 Å². The molecule has 2 N–H and O–H groups in total. The molecule has 1 rings (SSSR count). The van der Waals surface area contributed by atoms with E-state index in [1.165, 1.54) is 5.56 Å². The van der Waals surface area contributed by atoms with Crippen LogP contribution in [0.3, 0.4) is 0 Å². The van der Waals surface area contributed by atoms with Crippen LogP contribution in [0.25, 0.3) is 0 Å². The molecule has 0 saturated carbocycles. The molecule has 0 aliphatic heterocycles. The van der Waals surface area contributed by atoms with Gasteiger partial charge in [0.25, 0.3) is 0 Å². The first-order chi connectivity index (χ1) is 7.93. The standard InChI is InChI=1S/C12H16INO3/c1-12(2,14)11(15)17-8-16-10-5-3-9(7-13)4-6-10/h3-6H,7-8,14H2,1-2H3. The molecule has 0 spiro atoms. The Morgan fingerprint density at radius 2 is 1.94 bits per heavy atom. The molecular formula is C12H16INO3. The van der Waals surface area contributed by atoms with Gasteiger partial charge in [0, 0.05) is 4.43 Å². The van der Waals surface area contributed by atoms with E-state index in [9.17, 15) is 4.79 Å². The van der Waals surface area contributed by atoms with E-state index in [-0.39, 0.29) is 6.79 Å². The van der Waals surface area contributed by atoms with Crippen molar-refractivity contribution < 1.29 is 14.3 Å². The Kier molecular flexibility index (Phi) is 5.20. The molecule has 0 fully saturated rings. The number of hydrogen-bond acceptors (Lipinski definition) is 4. The second-order valence-corrected chi connectivity index (χ2v) is 4.96. The molecule has 0 heterocycles. The number of carbonyl (C=O) groups excluding carboxylic acids is 1. The number of alkyl halides is 1. The first-order valence-electron chi connectivity index (χ1n) is 5.17. The summed E-state index contributed by atoms with van der Waals surface area (Å²) in [6.07, 6.45) is 0. The van der Waals surface area contributed by atoms with E-state index in [1.54, 1.807) is 13.8 Å². The number of hydrogen-bond donors (Lipinski definition) is 1. The summed E-state index contributed by atoms with van der Waals surface area (Å²) in [4.78, 5) is 11.3. The highest BCUT2D eigenvalue weighted by Gasteiger charge is 2.23. The minimum absolute atomic E-state index is 0.122. The predicted molar refractivity (Wildman–Crippen MR) is 74.0 cm³/mol. The molecule has 0 atom stereocenters. The lowest BCUT2D eigenvalue weighted by Crippen LogP contribution is -2.43. The minimum Gasteiger partial charge on any atom is -0.457 e. The highest BCUT2D eigenvalue weighted by molar-refractivity contribution is 14.1. The van der Waals surface area contributed by atoms with Gasteiger partial charge in [-0.1, -0.05) is 34.7 Å². The number of esters is 1. The highest BCUT2D eigenvalue weighted by atomic mass is 127. The molecule has 0 radical (unpaired) electrons. The maximum Gasteiger partial charge on any atom is 0.328 e. The number of nitrogens with two attached hydrogens (primary N) is 1. The lowest BCUT2D eigenvalue weighted by Gasteiger charge is -2.16. The van der Waals surface area contributed by atoms with Crippen molar-refractivity contribution in [2.75, 3.05) is 6.79 Å². The molecule has 0 unspecified atom stereocenters. The zero-order valence-electron chi connectivity index (χ0n) is 9.90. The fourth-order valence-electron chi connectivity index (χ4n) is 1.01. The maximum atomic E-state index is 11.3. The third-order valence-electron chi connectivity index (χ3n) is 2.02. The predicted octanol–water partition coefficient (Wildman–Crippen LogP) is 2.24. The van der Waals surface area contributed by atoms with Gasteiger partial charge in [-0.05, 0) is 31.5 Å². The summed E-state index contributed by atoms with van der Waals surface area (Å²) in [5.41, 5.74) is 5.79. The van der Waals surface area contributed by atoms with E-state index in [0.29, 0.717) is 5.75 Å².